The fourth-order valence-electron chi connectivity index (χ4n) is 5.15. The van der Waals surface area contributed by atoms with Crippen molar-refractivity contribution in [2.24, 2.45) is 5.92 Å². The van der Waals surface area contributed by atoms with Crippen molar-refractivity contribution in [1.82, 2.24) is 19.5 Å². The zero-order valence-electron chi connectivity index (χ0n) is 25.4. The molecule has 2 aliphatic rings. The van der Waals surface area contributed by atoms with Crippen LogP contribution in [0.25, 0.3) is 0 Å². The second-order valence-corrected chi connectivity index (χ2v) is 14.3. The van der Waals surface area contributed by atoms with Gasteiger partial charge in [0.2, 0.25) is 16.8 Å². The minimum absolute atomic E-state index is 0.00598. The summed E-state index contributed by atoms with van der Waals surface area (Å²) in [6, 6.07) is 12.8. The molecular formula is C31H38N4O8S2. The molecule has 3 aromatic rings. The number of nitrogens with one attached hydrogen (secondary N) is 1. The highest BCUT2D eigenvalue weighted by Crippen LogP contribution is 2.35. The number of fused-ring (bicyclic) bond motifs is 1. The molecule has 0 radical (unpaired) electrons. The maximum Gasteiger partial charge on any atom is 0.411 e. The largest absolute Gasteiger partial charge is 0.454 e. The second kappa shape index (κ2) is 14.1. The fourth-order valence-corrected chi connectivity index (χ4v) is 7.34. The number of hydrogen-bond donors (Lipinski definition) is 2. The van der Waals surface area contributed by atoms with Crippen molar-refractivity contribution in [2.45, 2.75) is 63.3 Å². The molecule has 2 aliphatic heterocycles. The van der Waals surface area contributed by atoms with Crippen molar-refractivity contribution >= 4 is 33.4 Å². The van der Waals surface area contributed by atoms with Gasteiger partial charge in [0.1, 0.15) is 0 Å². The molecule has 1 fully saturated rings. The van der Waals surface area contributed by atoms with Crippen LogP contribution in [0.4, 0.5) is 4.79 Å². The van der Waals surface area contributed by atoms with Crippen molar-refractivity contribution in [3.05, 3.63) is 70.2 Å². The number of sulfonamides is 1. The predicted molar refractivity (Wildman–Crippen MR) is 166 cm³/mol. The van der Waals surface area contributed by atoms with Gasteiger partial charge in [0, 0.05) is 24.5 Å². The van der Waals surface area contributed by atoms with Crippen molar-refractivity contribution in [1.29, 1.82) is 0 Å². The molecule has 0 spiro atoms. The van der Waals surface area contributed by atoms with Crippen LogP contribution in [0.3, 0.4) is 0 Å². The maximum atomic E-state index is 13.9. The summed E-state index contributed by atoms with van der Waals surface area (Å²) in [5, 5.41) is 17.2. The van der Waals surface area contributed by atoms with Crippen LogP contribution in [-0.4, -0.2) is 84.4 Å². The number of aliphatic hydroxyl groups excluding tert-OH is 1. The number of thiazole rings is 1. The number of ether oxygens (including phenoxy) is 3. The minimum atomic E-state index is -4.07. The first-order chi connectivity index (χ1) is 21.5. The van der Waals surface area contributed by atoms with Crippen LogP contribution in [0.1, 0.15) is 36.5 Å². The quantitative estimate of drug-likeness (QED) is 0.266. The Morgan fingerprint density at radius 2 is 1.93 bits per heavy atom. The maximum absolute atomic E-state index is 13.9. The molecule has 2 aromatic carbocycles. The molecule has 3 heterocycles. The number of carbonyl (C=O) groups is 2. The Bertz CT molecular complexity index is 1600. The molecule has 45 heavy (non-hydrogen) atoms. The summed E-state index contributed by atoms with van der Waals surface area (Å²) in [5.74, 6) is 0.210. The number of benzene rings is 2. The van der Waals surface area contributed by atoms with Gasteiger partial charge in [-0.05, 0) is 37.0 Å². The van der Waals surface area contributed by atoms with Crippen LogP contribution < -0.4 is 14.8 Å². The first kappa shape index (κ1) is 32.7. The van der Waals surface area contributed by atoms with Gasteiger partial charge in [0.25, 0.3) is 5.91 Å². The Morgan fingerprint density at radius 1 is 1.18 bits per heavy atom. The zero-order chi connectivity index (χ0) is 32.1. The predicted octanol–water partition coefficient (Wildman–Crippen LogP) is 3.33. The third-order valence-electron chi connectivity index (χ3n) is 7.87. The number of aromatic nitrogens is 1. The van der Waals surface area contributed by atoms with E-state index in [-0.39, 0.29) is 50.2 Å². The van der Waals surface area contributed by atoms with Gasteiger partial charge < -0.3 is 24.6 Å². The summed E-state index contributed by atoms with van der Waals surface area (Å²) >= 11 is 1.47. The van der Waals surface area contributed by atoms with Crippen LogP contribution in [-0.2, 0) is 32.5 Å². The van der Waals surface area contributed by atoms with E-state index in [1.165, 1.54) is 32.7 Å². The van der Waals surface area contributed by atoms with E-state index in [1.807, 2.05) is 56.5 Å². The van der Waals surface area contributed by atoms with Crippen LogP contribution in [0.2, 0.25) is 0 Å². The highest BCUT2D eigenvalue weighted by Gasteiger charge is 2.39. The van der Waals surface area contributed by atoms with E-state index in [0.29, 0.717) is 17.2 Å². The molecule has 5 rings (SSSR count). The van der Waals surface area contributed by atoms with Gasteiger partial charge in [-0.2, -0.15) is 4.31 Å². The number of aryl methyl sites for hydroxylation is 1. The molecule has 0 saturated carbocycles. The molecule has 242 valence electrons. The van der Waals surface area contributed by atoms with Crippen molar-refractivity contribution in [2.75, 3.05) is 26.4 Å². The Labute approximate surface area is 267 Å². The second-order valence-electron chi connectivity index (χ2n) is 11.3. The standard InChI is InChI=1S/C31H38N4O8S2/c1-4-20(2)14-35(45(39,40)24-10-11-27-28(13-24)42-19-41-27)16-26(36)25(12-22-8-6-5-7-9-22)33-30(37)29-17-34(31(38)43-29)15-23-18-44-21(3)32-23/h5-11,13,18,20,25-26,29,36H,4,12,14-17,19H2,1-3H3,(H,33,37)/t20-,25?,26+,29-/m0/s1. The number of aliphatic hydroxyl groups is 1. The molecule has 1 saturated heterocycles. The van der Waals surface area contributed by atoms with E-state index in [1.54, 1.807) is 6.07 Å². The Hall–Kier alpha value is -3.72. The summed E-state index contributed by atoms with van der Waals surface area (Å²) < 4.78 is 45.2. The molecule has 14 heteroatoms. The van der Waals surface area contributed by atoms with Crippen molar-refractivity contribution < 1.29 is 37.3 Å². The lowest BCUT2D eigenvalue weighted by Gasteiger charge is -2.31. The molecule has 2 N–H and O–H groups in total. The van der Waals surface area contributed by atoms with E-state index < -0.39 is 40.3 Å². The number of rotatable bonds is 14. The summed E-state index contributed by atoms with van der Waals surface area (Å²) in [6.07, 6.45) is -2.09. The minimum Gasteiger partial charge on any atom is -0.454 e. The van der Waals surface area contributed by atoms with Gasteiger partial charge in [0.05, 0.1) is 40.8 Å². The number of cyclic esters (lactones) is 1. The average molecular weight is 659 g/mol. The number of nitrogens with zero attached hydrogens (tertiary/aromatic N) is 3. The molecule has 0 bridgehead atoms. The van der Waals surface area contributed by atoms with E-state index in [9.17, 15) is 23.1 Å². The van der Waals surface area contributed by atoms with E-state index in [2.05, 4.69) is 10.3 Å². The molecule has 1 unspecified atom stereocenters. The molecule has 2 amide bonds. The molecule has 0 aliphatic carbocycles. The highest BCUT2D eigenvalue weighted by molar-refractivity contribution is 7.89. The summed E-state index contributed by atoms with van der Waals surface area (Å²) in [5.41, 5.74) is 1.54. The lowest BCUT2D eigenvalue weighted by atomic mass is 10.0. The van der Waals surface area contributed by atoms with Crippen LogP contribution in [0, 0.1) is 12.8 Å². The van der Waals surface area contributed by atoms with E-state index in [0.717, 1.165) is 17.0 Å². The Balaban J connectivity index is 1.34. The normalized spacial score (nSPS) is 18.1. The summed E-state index contributed by atoms with van der Waals surface area (Å²) in [7, 11) is -4.07. The van der Waals surface area contributed by atoms with Gasteiger partial charge in [-0.15, -0.1) is 11.3 Å². The van der Waals surface area contributed by atoms with Gasteiger partial charge in [-0.3, -0.25) is 9.69 Å². The number of carbonyl (C=O) groups excluding carboxylic acids is 2. The average Bonchev–Trinajstić information content (AvgIpc) is 3.76. The van der Waals surface area contributed by atoms with E-state index in [4.69, 9.17) is 14.2 Å². The monoisotopic (exact) mass is 658 g/mol. The lowest BCUT2D eigenvalue weighted by molar-refractivity contribution is -0.129. The number of hydrogen-bond acceptors (Lipinski definition) is 10. The third-order valence-corrected chi connectivity index (χ3v) is 10.5. The highest BCUT2D eigenvalue weighted by atomic mass is 32.2. The zero-order valence-corrected chi connectivity index (χ0v) is 27.1. The first-order valence-electron chi connectivity index (χ1n) is 14.8. The van der Waals surface area contributed by atoms with Gasteiger partial charge in [-0.1, -0.05) is 50.6 Å². The Morgan fingerprint density at radius 3 is 2.64 bits per heavy atom. The topological polar surface area (TPSA) is 148 Å². The van der Waals surface area contributed by atoms with Gasteiger partial charge in [0.15, 0.2) is 17.6 Å². The van der Waals surface area contributed by atoms with Crippen LogP contribution in [0.5, 0.6) is 11.5 Å². The first-order valence-corrected chi connectivity index (χ1v) is 17.1. The summed E-state index contributed by atoms with van der Waals surface area (Å²) in [4.78, 5) is 31.8. The molecule has 4 atom stereocenters. The van der Waals surface area contributed by atoms with Gasteiger partial charge in [-0.25, -0.2) is 18.2 Å². The van der Waals surface area contributed by atoms with Crippen molar-refractivity contribution in [3.63, 3.8) is 0 Å². The number of amides is 2. The van der Waals surface area contributed by atoms with E-state index >= 15 is 0 Å². The third kappa shape index (κ3) is 7.93. The summed E-state index contributed by atoms with van der Waals surface area (Å²) in [6.45, 7) is 5.89. The SMILES string of the molecule is CC[C@H](C)CN(C[C@@H](O)C(Cc1ccccc1)NC(=O)[C@@H]1CN(Cc2csc(C)n2)C(=O)O1)S(=O)(=O)c1ccc2c(c1)OCO2. The lowest BCUT2D eigenvalue weighted by Crippen LogP contribution is -2.53. The van der Waals surface area contributed by atoms with Crippen LogP contribution >= 0.6 is 11.3 Å². The molecule has 12 nitrogen and oxygen atoms in total. The van der Waals surface area contributed by atoms with Crippen LogP contribution in [0.15, 0.2) is 58.8 Å². The molecular weight excluding hydrogens is 620 g/mol. The molecule has 1 aromatic heterocycles. The van der Waals surface area contributed by atoms with Gasteiger partial charge >= 0.3 is 6.09 Å². The fraction of sp³-hybridized carbons (Fsp3) is 0.452. The van der Waals surface area contributed by atoms with Crippen molar-refractivity contribution in [3.8, 4) is 11.5 Å². The smallest absolute Gasteiger partial charge is 0.411 e. The Kier molecular flexibility index (Phi) is 10.3.